The van der Waals surface area contributed by atoms with Crippen LogP contribution in [0, 0.1) is 13.8 Å². The fourth-order valence-corrected chi connectivity index (χ4v) is 2.71. The van der Waals surface area contributed by atoms with E-state index in [0.717, 1.165) is 10.5 Å². The molecule has 1 aromatic heterocycles. The van der Waals surface area contributed by atoms with Crippen LogP contribution in [0.5, 0.6) is 5.75 Å². The van der Waals surface area contributed by atoms with Crippen LogP contribution in [-0.4, -0.2) is 35.1 Å². The van der Waals surface area contributed by atoms with E-state index >= 15 is 0 Å². The Bertz CT molecular complexity index is 782. The van der Waals surface area contributed by atoms with Crippen molar-refractivity contribution in [1.82, 2.24) is 9.88 Å². The van der Waals surface area contributed by atoms with E-state index in [9.17, 15) is 18.0 Å². The molecule has 1 amide bonds. The normalized spacial score (nSPS) is 11.1. The first-order valence-corrected chi connectivity index (χ1v) is 8.31. The molecule has 0 radical (unpaired) electrons. The van der Waals surface area contributed by atoms with Crippen LogP contribution >= 0.6 is 0 Å². The molecule has 0 saturated heterocycles. The SMILES string of the molecule is C=CCN(CC(F)(F)F)C(=O)c1cc(C)c(OCc2cccnc2)c(C)c1. The molecule has 0 aliphatic heterocycles. The summed E-state index contributed by atoms with van der Waals surface area (Å²) >= 11 is 0. The summed E-state index contributed by atoms with van der Waals surface area (Å²) in [5.41, 5.74) is 2.42. The topological polar surface area (TPSA) is 42.4 Å². The van der Waals surface area contributed by atoms with Gasteiger partial charge in [0.05, 0.1) is 0 Å². The average Bonchev–Trinajstić information content (AvgIpc) is 2.59. The quantitative estimate of drug-likeness (QED) is 0.668. The van der Waals surface area contributed by atoms with Gasteiger partial charge in [-0.2, -0.15) is 13.2 Å². The third kappa shape index (κ3) is 5.84. The first-order valence-electron chi connectivity index (χ1n) is 8.31. The Hall–Kier alpha value is -2.83. The maximum Gasteiger partial charge on any atom is 0.406 e. The van der Waals surface area contributed by atoms with Crippen molar-refractivity contribution in [3.8, 4) is 5.75 Å². The maximum atomic E-state index is 12.7. The number of pyridine rings is 1. The maximum absolute atomic E-state index is 12.7. The zero-order chi connectivity index (χ0) is 20.0. The molecule has 0 atom stereocenters. The van der Waals surface area contributed by atoms with E-state index in [-0.39, 0.29) is 12.1 Å². The second kappa shape index (κ2) is 8.70. The van der Waals surface area contributed by atoms with Gasteiger partial charge in [-0.25, -0.2) is 0 Å². The van der Waals surface area contributed by atoms with Crippen LogP contribution in [0.3, 0.4) is 0 Å². The van der Waals surface area contributed by atoms with Crippen molar-refractivity contribution in [3.63, 3.8) is 0 Å². The molecule has 1 heterocycles. The van der Waals surface area contributed by atoms with Gasteiger partial charge in [0, 0.05) is 30.1 Å². The molecule has 0 saturated carbocycles. The van der Waals surface area contributed by atoms with Gasteiger partial charge in [-0.15, -0.1) is 6.58 Å². The van der Waals surface area contributed by atoms with Crippen LogP contribution in [0.1, 0.15) is 27.0 Å². The number of alkyl halides is 3. The summed E-state index contributed by atoms with van der Waals surface area (Å²) in [6.45, 7) is 5.73. The molecule has 27 heavy (non-hydrogen) atoms. The second-order valence-corrected chi connectivity index (χ2v) is 6.18. The van der Waals surface area contributed by atoms with Crippen LogP contribution in [0.15, 0.2) is 49.3 Å². The number of benzene rings is 1. The lowest BCUT2D eigenvalue weighted by atomic mass is 10.0. The Morgan fingerprint density at radius 3 is 2.48 bits per heavy atom. The van der Waals surface area contributed by atoms with Gasteiger partial charge in [-0.05, 0) is 43.2 Å². The Kier molecular flexibility index (Phi) is 6.60. The van der Waals surface area contributed by atoms with Crippen LogP contribution in [0.2, 0.25) is 0 Å². The van der Waals surface area contributed by atoms with E-state index in [1.165, 1.54) is 6.08 Å². The van der Waals surface area contributed by atoms with Gasteiger partial charge in [0.1, 0.15) is 18.9 Å². The molecule has 7 heteroatoms. The Balaban J connectivity index is 2.21. The zero-order valence-electron chi connectivity index (χ0n) is 15.2. The predicted molar refractivity (Wildman–Crippen MR) is 96.6 cm³/mol. The lowest BCUT2D eigenvalue weighted by Crippen LogP contribution is -2.39. The molecule has 144 valence electrons. The number of carbonyl (C=O) groups is 1. The summed E-state index contributed by atoms with van der Waals surface area (Å²) in [6, 6.07) is 6.76. The second-order valence-electron chi connectivity index (χ2n) is 6.18. The summed E-state index contributed by atoms with van der Waals surface area (Å²) < 4.78 is 44.0. The first kappa shape index (κ1) is 20.5. The predicted octanol–water partition coefficient (Wildman–Crippen LogP) is 4.47. The van der Waals surface area contributed by atoms with Crippen LogP contribution in [0.25, 0.3) is 0 Å². The molecular formula is C20H21F3N2O2. The summed E-state index contributed by atoms with van der Waals surface area (Å²) in [5, 5.41) is 0. The molecule has 4 nitrogen and oxygen atoms in total. The van der Waals surface area contributed by atoms with Crippen molar-refractivity contribution in [2.45, 2.75) is 26.6 Å². The highest BCUT2D eigenvalue weighted by molar-refractivity contribution is 5.95. The Morgan fingerprint density at radius 1 is 1.30 bits per heavy atom. The number of amides is 1. The molecule has 2 aromatic rings. The van der Waals surface area contributed by atoms with Gasteiger partial charge < -0.3 is 9.64 Å². The largest absolute Gasteiger partial charge is 0.488 e. The Morgan fingerprint density at radius 2 is 1.96 bits per heavy atom. The number of hydrogen-bond donors (Lipinski definition) is 0. The molecule has 0 aliphatic rings. The molecule has 2 rings (SSSR count). The van der Waals surface area contributed by atoms with Gasteiger partial charge in [0.25, 0.3) is 5.91 Å². The minimum absolute atomic E-state index is 0.185. The Labute approximate surface area is 156 Å². The number of hydrogen-bond acceptors (Lipinski definition) is 3. The number of aryl methyl sites for hydroxylation is 2. The van der Waals surface area contributed by atoms with Crippen LogP contribution < -0.4 is 4.74 Å². The van der Waals surface area contributed by atoms with Gasteiger partial charge in [-0.1, -0.05) is 12.1 Å². The highest BCUT2D eigenvalue weighted by atomic mass is 19.4. The minimum Gasteiger partial charge on any atom is -0.488 e. The van der Waals surface area contributed by atoms with Gasteiger partial charge in [0.15, 0.2) is 0 Å². The minimum atomic E-state index is -4.48. The molecule has 0 spiro atoms. The highest BCUT2D eigenvalue weighted by Crippen LogP contribution is 2.27. The van der Waals surface area contributed by atoms with Crippen LogP contribution in [0.4, 0.5) is 13.2 Å². The summed E-state index contributed by atoms with van der Waals surface area (Å²) in [6.07, 6.45) is 0.146. The monoisotopic (exact) mass is 378 g/mol. The smallest absolute Gasteiger partial charge is 0.406 e. The van der Waals surface area contributed by atoms with E-state index in [0.29, 0.717) is 23.5 Å². The van der Waals surface area contributed by atoms with Gasteiger partial charge in [-0.3, -0.25) is 9.78 Å². The van der Waals surface area contributed by atoms with Crippen molar-refractivity contribution in [2.75, 3.05) is 13.1 Å². The van der Waals surface area contributed by atoms with Crippen molar-refractivity contribution < 1.29 is 22.7 Å². The summed E-state index contributed by atoms with van der Waals surface area (Å²) in [5.74, 6) is -0.0984. The molecular weight excluding hydrogens is 357 g/mol. The van der Waals surface area contributed by atoms with E-state index < -0.39 is 18.6 Å². The van der Waals surface area contributed by atoms with Crippen molar-refractivity contribution >= 4 is 5.91 Å². The third-order valence-corrected chi connectivity index (χ3v) is 3.82. The number of carbonyl (C=O) groups excluding carboxylic acids is 1. The molecule has 0 bridgehead atoms. The average molecular weight is 378 g/mol. The fourth-order valence-electron chi connectivity index (χ4n) is 2.71. The van der Waals surface area contributed by atoms with E-state index in [4.69, 9.17) is 4.74 Å². The number of nitrogens with zero attached hydrogens (tertiary/aromatic N) is 2. The number of aromatic nitrogens is 1. The standard InChI is InChI=1S/C20H21F3N2O2/c1-4-8-25(13-20(21,22)23)19(26)17-9-14(2)18(15(3)10-17)27-12-16-6-5-7-24-11-16/h4-7,9-11H,1,8,12-13H2,2-3H3. The number of ether oxygens (including phenoxy) is 1. The molecule has 0 unspecified atom stereocenters. The van der Waals surface area contributed by atoms with E-state index in [2.05, 4.69) is 11.6 Å². The number of halogens is 3. The molecule has 1 aromatic carbocycles. The lowest BCUT2D eigenvalue weighted by Gasteiger charge is -2.23. The fraction of sp³-hybridized carbons (Fsp3) is 0.300. The van der Waals surface area contributed by atoms with Gasteiger partial charge >= 0.3 is 6.18 Å². The molecule has 0 fully saturated rings. The lowest BCUT2D eigenvalue weighted by molar-refractivity contribution is -0.139. The van der Waals surface area contributed by atoms with Crippen molar-refractivity contribution in [3.05, 3.63) is 71.6 Å². The van der Waals surface area contributed by atoms with Crippen molar-refractivity contribution in [2.24, 2.45) is 0 Å². The number of rotatable bonds is 7. The first-order chi connectivity index (χ1) is 12.7. The highest BCUT2D eigenvalue weighted by Gasteiger charge is 2.33. The third-order valence-electron chi connectivity index (χ3n) is 3.82. The van der Waals surface area contributed by atoms with Crippen molar-refractivity contribution in [1.29, 1.82) is 0 Å². The van der Waals surface area contributed by atoms with E-state index in [1.54, 1.807) is 44.4 Å². The summed E-state index contributed by atoms with van der Waals surface area (Å²) in [7, 11) is 0. The molecule has 0 aliphatic carbocycles. The molecule has 0 N–H and O–H groups in total. The van der Waals surface area contributed by atoms with Crippen LogP contribution in [-0.2, 0) is 6.61 Å². The summed E-state index contributed by atoms with van der Waals surface area (Å²) in [4.78, 5) is 17.3. The van der Waals surface area contributed by atoms with E-state index in [1.807, 2.05) is 6.07 Å². The zero-order valence-corrected chi connectivity index (χ0v) is 15.2. The van der Waals surface area contributed by atoms with Gasteiger partial charge in [0.2, 0.25) is 0 Å².